The van der Waals surface area contributed by atoms with Crippen LogP contribution >= 0.6 is 0 Å². The van der Waals surface area contributed by atoms with Crippen molar-refractivity contribution in [1.82, 2.24) is 0 Å². The second kappa shape index (κ2) is 10.2. The molecule has 0 saturated carbocycles. The van der Waals surface area contributed by atoms with Crippen molar-refractivity contribution in [3.63, 3.8) is 0 Å². The summed E-state index contributed by atoms with van der Waals surface area (Å²) >= 11 is 0. The summed E-state index contributed by atoms with van der Waals surface area (Å²) in [7, 11) is 0. The first kappa shape index (κ1) is 23.2. The normalized spacial score (nSPS) is 12.7. The Labute approximate surface area is 276 Å². The molecular weight excluding hydrogens is 569 g/mol. The summed E-state index contributed by atoms with van der Waals surface area (Å²) in [5.74, 6) is 0. The molecule has 0 fully saturated rings. The van der Waals surface area contributed by atoms with Gasteiger partial charge in [-0.25, -0.2) is 0 Å². The van der Waals surface area contributed by atoms with Crippen LogP contribution in [0.4, 0.5) is 0 Å². The molecule has 0 aliphatic rings. The van der Waals surface area contributed by atoms with Crippen molar-refractivity contribution in [1.29, 1.82) is 0 Å². The summed E-state index contributed by atoms with van der Waals surface area (Å²) in [4.78, 5) is 0. The van der Waals surface area contributed by atoms with Gasteiger partial charge in [-0.2, -0.15) is 0 Å². The van der Waals surface area contributed by atoms with E-state index in [1.54, 1.807) is 0 Å². The fourth-order valence-corrected chi connectivity index (χ4v) is 7.48. The third kappa shape index (κ3) is 3.97. The zero-order valence-electron chi connectivity index (χ0n) is 28.3. The number of rotatable bonds is 3. The van der Waals surface area contributed by atoms with Crippen LogP contribution in [0.3, 0.4) is 0 Å². The summed E-state index contributed by atoms with van der Waals surface area (Å²) in [6, 6.07) is 52.7. The van der Waals surface area contributed by atoms with E-state index in [-0.39, 0.29) is 18.1 Å². The van der Waals surface area contributed by atoms with Gasteiger partial charge in [0.05, 0.1) is 4.11 Å². The molecule has 10 aromatic rings. The van der Waals surface area contributed by atoms with Crippen molar-refractivity contribution in [2.45, 2.75) is 0 Å². The highest BCUT2D eigenvalue weighted by Gasteiger charge is 2.18. The minimum absolute atomic E-state index is 0.00537. The lowest BCUT2D eigenvalue weighted by atomic mass is 9.84. The van der Waals surface area contributed by atoms with E-state index in [2.05, 4.69) is 103 Å². The molecule has 1 heterocycles. The van der Waals surface area contributed by atoms with Gasteiger partial charge in [0.1, 0.15) is 11.2 Å². The van der Waals surface area contributed by atoms with Gasteiger partial charge in [0.25, 0.3) is 0 Å². The predicted octanol–water partition coefficient (Wildman–Crippen LogP) is 13.2. The van der Waals surface area contributed by atoms with E-state index in [0.29, 0.717) is 22.1 Å². The fraction of sp³-hybridized carbons (Fsp3) is 0. The van der Waals surface area contributed by atoms with Crippen LogP contribution in [0, 0.1) is 0 Å². The van der Waals surface area contributed by atoms with Crippen LogP contribution in [-0.4, -0.2) is 0 Å². The van der Waals surface area contributed by atoms with Gasteiger partial charge < -0.3 is 4.42 Å². The molecule has 0 saturated heterocycles. The maximum Gasteiger partial charge on any atom is 0.143 e. The third-order valence-electron chi connectivity index (χ3n) is 9.61. The number of benzene rings is 9. The maximum absolute atomic E-state index is 9.00. The van der Waals surface area contributed by atoms with Crippen LogP contribution < -0.4 is 0 Å². The molecule has 0 aliphatic heterocycles. The lowest BCUT2D eigenvalue weighted by molar-refractivity contribution is 0.670. The van der Waals surface area contributed by atoms with Gasteiger partial charge in [0.2, 0.25) is 0 Å². The molecule has 0 N–H and O–H groups in total. The van der Waals surface area contributed by atoms with Crippen LogP contribution in [-0.2, 0) is 0 Å². The lowest BCUT2D eigenvalue weighted by Gasteiger charge is -2.19. The van der Waals surface area contributed by atoms with Gasteiger partial charge in [-0.1, -0.05) is 158 Å². The predicted molar refractivity (Wildman–Crippen MR) is 200 cm³/mol. The monoisotopic (exact) mass is 599 g/mol. The van der Waals surface area contributed by atoms with Gasteiger partial charge in [0.15, 0.2) is 0 Å². The Hall–Kier alpha value is -6.18. The third-order valence-corrected chi connectivity index (χ3v) is 9.61. The Balaban J connectivity index is 1.20. The van der Waals surface area contributed by atoms with E-state index in [1.165, 1.54) is 43.4 Å². The van der Waals surface area contributed by atoms with E-state index < -0.39 is 0 Å². The van der Waals surface area contributed by atoms with Crippen LogP contribution in [0.25, 0.3) is 98.4 Å². The first-order chi connectivity index (χ1) is 24.6. The molecule has 0 aliphatic carbocycles. The first-order valence-corrected chi connectivity index (χ1v) is 15.9. The molecule has 0 atom stereocenters. The minimum Gasteiger partial charge on any atom is -0.455 e. The standard InChI is InChI=1S/C46H28O/c1-2-13-33-28-43-42(27-32(33)12-1)41-22-10-20-35(46(41)47-43)30-23-25-31(26-24-30)44-37-16-5-7-18-39(37)45(40-19-8-6-17-38(40)44)36-21-9-14-29-11-3-4-15-34(29)36/h1-28H/i10D,20D,22D. The Morgan fingerprint density at radius 1 is 0.383 bits per heavy atom. The van der Waals surface area contributed by atoms with Gasteiger partial charge in [0, 0.05) is 16.3 Å². The molecule has 10 rings (SSSR count). The number of fused-ring (bicyclic) bond motifs is 7. The average Bonchev–Trinajstić information content (AvgIpc) is 3.53. The van der Waals surface area contributed by atoms with E-state index >= 15 is 0 Å². The number of para-hydroxylation sites is 1. The molecule has 0 radical (unpaired) electrons. The first-order valence-electron chi connectivity index (χ1n) is 17.4. The van der Waals surface area contributed by atoms with Crippen LogP contribution in [0.5, 0.6) is 0 Å². The summed E-state index contributed by atoms with van der Waals surface area (Å²) in [6.45, 7) is 0. The summed E-state index contributed by atoms with van der Waals surface area (Å²) < 4.78 is 33.1. The Morgan fingerprint density at radius 2 is 0.936 bits per heavy atom. The SMILES string of the molecule is [2H]c1c([2H])c([2H])c2c(oc3cc4ccccc4cc32)c1-c1ccc(-c2c3ccccc3c(-c3cccc4ccccc34)c3ccccc23)cc1. The van der Waals surface area contributed by atoms with Crippen molar-refractivity contribution < 1.29 is 8.53 Å². The van der Waals surface area contributed by atoms with Crippen LogP contribution in [0.1, 0.15) is 4.11 Å². The van der Waals surface area contributed by atoms with Crippen LogP contribution in [0.15, 0.2) is 174 Å². The Bertz CT molecular complexity index is 2950. The van der Waals surface area contributed by atoms with Crippen LogP contribution in [0.2, 0.25) is 0 Å². The summed E-state index contributed by atoms with van der Waals surface area (Å²) in [6.07, 6.45) is 0. The fourth-order valence-electron chi connectivity index (χ4n) is 7.48. The second-order valence-electron chi connectivity index (χ2n) is 12.2. The smallest absolute Gasteiger partial charge is 0.143 e. The Morgan fingerprint density at radius 3 is 1.64 bits per heavy atom. The van der Waals surface area contributed by atoms with E-state index in [1.807, 2.05) is 48.5 Å². The van der Waals surface area contributed by atoms with Crippen molar-refractivity contribution in [3.05, 3.63) is 170 Å². The molecule has 0 spiro atoms. The highest BCUT2D eigenvalue weighted by atomic mass is 16.3. The van der Waals surface area contributed by atoms with Gasteiger partial charge in [-0.05, 0) is 83.0 Å². The number of furan rings is 1. The second-order valence-corrected chi connectivity index (χ2v) is 12.2. The largest absolute Gasteiger partial charge is 0.455 e. The molecule has 9 aromatic carbocycles. The molecule has 0 bridgehead atoms. The highest BCUT2D eigenvalue weighted by Crippen LogP contribution is 2.46. The molecular formula is C46H28O. The van der Waals surface area contributed by atoms with Crippen molar-refractivity contribution in [3.8, 4) is 33.4 Å². The molecule has 1 aromatic heterocycles. The lowest BCUT2D eigenvalue weighted by Crippen LogP contribution is -1.91. The van der Waals surface area contributed by atoms with E-state index in [9.17, 15) is 0 Å². The quantitative estimate of drug-likeness (QED) is 0.184. The molecule has 47 heavy (non-hydrogen) atoms. The summed E-state index contributed by atoms with van der Waals surface area (Å²) in [5, 5.41) is 10.6. The molecule has 0 amide bonds. The molecule has 0 unspecified atom stereocenters. The maximum atomic E-state index is 9.00. The van der Waals surface area contributed by atoms with Gasteiger partial charge in [-0.3, -0.25) is 0 Å². The van der Waals surface area contributed by atoms with Crippen molar-refractivity contribution >= 4 is 65.0 Å². The molecule has 1 nitrogen and oxygen atoms in total. The Kier molecular flexibility index (Phi) is 5.02. The molecule has 218 valence electrons. The summed E-state index contributed by atoms with van der Waals surface area (Å²) in [5.41, 5.74) is 7.10. The minimum atomic E-state index is -0.103. The van der Waals surface area contributed by atoms with Gasteiger partial charge in [-0.15, -0.1) is 0 Å². The van der Waals surface area contributed by atoms with E-state index in [4.69, 9.17) is 8.53 Å². The zero-order chi connectivity index (χ0) is 33.5. The number of hydrogen-bond donors (Lipinski definition) is 0. The van der Waals surface area contributed by atoms with Crippen molar-refractivity contribution in [2.75, 3.05) is 0 Å². The highest BCUT2D eigenvalue weighted by molar-refractivity contribution is 6.23. The topological polar surface area (TPSA) is 13.1 Å². The average molecular weight is 600 g/mol. The van der Waals surface area contributed by atoms with E-state index in [0.717, 1.165) is 32.8 Å². The van der Waals surface area contributed by atoms with Crippen molar-refractivity contribution in [2.24, 2.45) is 0 Å². The number of hydrogen-bond acceptors (Lipinski definition) is 1. The zero-order valence-corrected chi connectivity index (χ0v) is 25.3. The molecule has 1 heteroatoms. The van der Waals surface area contributed by atoms with Gasteiger partial charge >= 0.3 is 0 Å².